The Balaban J connectivity index is 2.72. The molecule has 0 bridgehead atoms. The van der Waals surface area contributed by atoms with Crippen molar-refractivity contribution in [1.29, 1.82) is 5.26 Å². The monoisotopic (exact) mass is 109 g/mol. The number of nitriles is 1. The molecule has 1 rings (SSSR count). The summed E-state index contributed by atoms with van der Waals surface area (Å²) in [5.74, 6) is 0. The number of hydrogen-bond donors (Lipinski definition) is 0. The van der Waals surface area contributed by atoms with Gasteiger partial charge in [0.05, 0.1) is 11.5 Å². The zero-order valence-corrected chi connectivity index (χ0v) is 5.65. The van der Waals surface area contributed by atoms with E-state index in [-0.39, 0.29) is 5.41 Å². The lowest BCUT2D eigenvalue weighted by molar-refractivity contribution is 0.512. The van der Waals surface area contributed by atoms with Crippen LogP contribution >= 0.6 is 0 Å². The third-order valence-electron chi connectivity index (χ3n) is 2.41. The quantitative estimate of drug-likeness (QED) is 0.466. The predicted octanol–water partition coefficient (Wildman–Crippen LogP) is 1.95. The average Bonchev–Trinajstić information content (AvgIpc) is 2.10. The van der Waals surface area contributed by atoms with Crippen LogP contribution in [0.4, 0.5) is 0 Å². The minimum Gasteiger partial charge on any atom is -0.198 e. The first-order valence-electron chi connectivity index (χ1n) is 2.93. The topological polar surface area (TPSA) is 23.8 Å². The van der Waals surface area contributed by atoms with Crippen LogP contribution < -0.4 is 0 Å². The van der Waals surface area contributed by atoms with Gasteiger partial charge in [0.2, 0.25) is 0 Å². The molecule has 0 heterocycles. The van der Waals surface area contributed by atoms with E-state index in [2.05, 4.69) is 19.9 Å². The highest BCUT2D eigenvalue weighted by atomic mass is 14.6. The maximum absolute atomic E-state index is 8.55. The van der Waals surface area contributed by atoms with Crippen LogP contribution in [0.3, 0.4) is 0 Å². The molecule has 0 aromatic rings. The summed E-state index contributed by atoms with van der Waals surface area (Å²) in [6.07, 6.45) is 1.07. The number of hydrogen-bond acceptors (Lipinski definition) is 1. The molecule has 0 radical (unpaired) electrons. The second-order valence-corrected chi connectivity index (χ2v) is 3.50. The van der Waals surface area contributed by atoms with Crippen LogP contribution in [0.25, 0.3) is 0 Å². The summed E-state index contributed by atoms with van der Waals surface area (Å²) in [7, 11) is 0. The molecule has 1 aliphatic carbocycles. The Hall–Kier alpha value is -0.510. The van der Waals surface area contributed by atoms with Crippen LogP contribution in [-0.4, -0.2) is 0 Å². The van der Waals surface area contributed by atoms with Crippen molar-refractivity contribution in [3.63, 3.8) is 0 Å². The number of nitrogens with zero attached hydrogens (tertiary/aromatic N) is 1. The lowest BCUT2D eigenvalue weighted by Crippen LogP contribution is -1.98. The van der Waals surface area contributed by atoms with Gasteiger partial charge in [-0.1, -0.05) is 13.8 Å². The minimum absolute atomic E-state index is 0.00694. The first-order valence-corrected chi connectivity index (χ1v) is 2.93. The summed E-state index contributed by atoms with van der Waals surface area (Å²) in [6, 6.07) is 2.31. The van der Waals surface area contributed by atoms with E-state index in [9.17, 15) is 0 Å². The SMILES string of the molecule is CC1(C)C[C@@]1(C)C#N. The van der Waals surface area contributed by atoms with Crippen molar-refractivity contribution >= 4 is 0 Å². The molecule has 0 spiro atoms. The van der Waals surface area contributed by atoms with Crippen LogP contribution in [0.15, 0.2) is 0 Å². The predicted molar refractivity (Wildman–Crippen MR) is 32.1 cm³/mol. The molecule has 44 valence electrons. The van der Waals surface area contributed by atoms with Crippen LogP contribution in [0.1, 0.15) is 27.2 Å². The Labute approximate surface area is 50.3 Å². The summed E-state index contributed by atoms with van der Waals surface area (Å²) in [5, 5.41) is 8.55. The van der Waals surface area contributed by atoms with Gasteiger partial charge in [0.15, 0.2) is 0 Å². The molecular weight excluding hydrogens is 98.1 g/mol. The third kappa shape index (κ3) is 0.461. The van der Waals surface area contributed by atoms with Gasteiger partial charge in [-0.05, 0) is 18.8 Å². The number of rotatable bonds is 0. The van der Waals surface area contributed by atoms with Gasteiger partial charge in [-0.25, -0.2) is 0 Å². The molecule has 0 unspecified atom stereocenters. The fourth-order valence-corrected chi connectivity index (χ4v) is 1.03. The normalized spacial score (nSPS) is 40.8. The summed E-state index contributed by atoms with van der Waals surface area (Å²) in [4.78, 5) is 0. The fraction of sp³-hybridized carbons (Fsp3) is 0.857. The van der Waals surface area contributed by atoms with E-state index in [4.69, 9.17) is 5.26 Å². The molecule has 0 saturated heterocycles. The second-order valence-electron chi connectivity index (χ2n) is 3.50. The molecular formula is C7H11N. The van der Waals surface area contributed by atoms with Crippen molar-refractivity contribution in [2.75, 3.05) is 0 Å². The van der Waals surface area contributed by atoms with Gasteiger partial charge < -0.3 is 0 Å². The fourth-order valence-electron chi connectivity index (χ4n) is 1.03. The smallest absolute Gasteiger partial charge is 0.0692 e. The van der Waals surface area contributed by atoms with E-state index in [1.54, 1.807) is 0 Å². The zero-order chi connectivity index (χ0) is 6.41. The molecule has 1 saturated carbocycles. The maximum atomic E-state index is 8.55. The van der Waals surface area contributed by atoms with Crippen molar-refractivity contribution in [3.05, 3.63) is 0 Å². The van der Waals surface area contributed by atoms with Crippen molar-refractivity contribution in [2.24, 2.45) is 10.8 Å². The van der Waals surface area contributed by atoms with Crippen LogP contribution in [-0.2, 0) is 0 Å². The molecule has 1 heteroatoms. The van der Waals surface area contributed by atoms with Crippen LogP contribution in [0, 0.1) is 22.2 Å². The maximum Gasteiger partial charge on any atom is 0.0692 e. The van der Waals surface area contributed by atoms with E-state index in [1.807, 2.05) is 6.92 Å². The van der Waals surface area contributed by atoms with E-state index in [0.717, 1.165) is 6.42 Å². The van der Waals surface area contributed by atoms with Gasteiger partial charge in [-0.2, -0.15) is 5.26 Å². The van der Waals surface area contributed by atoms with Crippen molar-refractivity contribution in [3.8, 4) is 6.07 Å². The van der Waals surface area contributed by atoms with Crippen molar-refractivity contribution < 1.29 is 0 Å². The van der Waals surface area contributed by atoms with E-state index < -0.39 is 0 Å². The molecule has 0 aliphatic heterocycles. The molecule has 0 N–H and O–H groups in total. The Morgan fingerprint density at radius 3 is 1.75 bits per heavy atom. The van der Waals surface area contributed by atoms with Gasteiger partial charge >= 0.3 is 0 Å². The second kappa shape index (κ2) is 1.07. The summed E-state index contributed by atoms with van der Waals surface area (Å²) in [6.45, 7) is 6.29. The van der Waals surface area contributed by atoms with E-state index in [0.29, 0.717) is 5.41 Å². The van der Waals surface area contributed by atoms with Crippen LogP contribution in [0.5, 0.6) is 0 Å². The first kappa shape index (κ1) is 5.62. The molecule has 0 amide bonds. The highest BCUT2D eigenvalue weighted by molar-refractivity contribution is 5.18. The van der Waals surface area contributed by atoms with Gasteiger partial charge in [-0.15, -0.1) is 0 Å². The highest BCUT2D eigenvalue weighted by Gasteiger charge is 2.58. The van der Waals surface area contributed by atoms with Gasteiger partial charge in [0.25, 0.3) is 0 Å². The van der Waals surface area contributed by atoms with Crippen LogP contribution in [0.2, 0.25) is 0 Å². The minimum atomic E-state index is -0.00694. The van der Waals surface area contributed by atoms with Gasteiger partial charge in [0.1, 0.15) is 0 Å². The summed E-state index contributed by atoms with van der Waals surface area (Å²) >= 11 is 0. The molecule has 8 heavy (non-hydrogen) atoms. The third-order valence-corrected chi connectivity index (χ3v) is 2.41. The van der Waals surface area contributed by atoms with E-state index >= 15 is 0 Å². The lowest BCUT2D eigenvalue weighted by Gasteiger charge is -2.01. The van der Waals surface area contributed by atoms with Gasteiger partial charge in [-0.3, -0.25) is 0 Å². The standard InChI is InChI=1S/C7H11N/c1-6(2)4-7(6,3)5-8/h4H2,1-3H3/t7-/m0/s1. The molecule has 0 aromatic heterocycles. The molecule has 1 nitrogen and oxygen atoms in total. The largest absolute Gasteiger partial charge is 0.198 e. The average molecular weight is 109 g/mol. The Bertz CT molecular complexity index is 152. The van der Waals surface area contributed by atoms with E-state index in [1.165, 1.54) is 0 Å². The molecule has 1 fully saturated rings. The molecule has 1 atom stereocenters. The highest BCUT2D eigenvalue weighted by Crippen LogP contribution is 2.62. The summed E-state index contributed by atoms with van der Waals surface area (Å²) in [5.41, 5.74) is 0.286. The Morgan fingerprint density at radius 2 is 1.75 bits per heavy atom. The summed E-state index contributed by atoms with van der Waals surface area (Å²) < 4.78 is 0. The Morgan fingerprint density at radius 1 is 1.38 bits per heavy atom. The van der Waals surface area contributed by atoms with Crippen molar-refractivity contribution in [1.82, 2.24) is 0 Å². The Kier molecular flexibility index (Phi) is 0.756. The van der Waals surface area contributed by atoms with Gasteiger partial charge in [0, 0.05) is 0 Å². The van der Waals surface area contributed by atoms with Crippen molar-refractivity contribution in [2.45, 2.75) is 27.2 Å². The molecule has 1 aliphatic rings. The lowest BCUT2D eigenvalue weighted by atomic mass is 10.0. The first-order chi connectivity index (χ1) is 3.52. The molecule has 0 aromatic carbocycles. The zero-order valence-electron chi connectivity index (χ0n) is 5.65.